The number of amides is 3. The number of carbonyl (C=O) groups is 2. The van der Waals surface area contributed by atoms with Crippen LogP contribution in [0.1, 0.15) is 32.2 Å². The fourth-order valence-electron chi connectivity index (χ4n) is 2.10. The van der Waals surface area contributed by atoms with Crippen LogP contribution in [0.25, 0.3) is 11.4 Å². The lowest BCUT2D eigenvalue weighted by molar-refractivity contribution is 0.0523. The summed E-state index contributed by atoms with van der Waals surface area (Å²) in [5.74, 6) is 0.841. The van der Waals surface area contributed by atoms with Crippen molar-refractivity contribution in [1.29, 1.82) is 0 Å². The van der Waals surface area contributed by atoms with E-state index in [9.17, 15) is 9.59 Å². The number of hydrogen-bond donors (Lipinski definition) is 3. The Bertz CT molecular complexity index is 786. The number of rotatable bonds is 6. The molecule has 150 valence electrons. The third-order valence-electron chi connectivity index (χ3n) is 3.43. The molecular weight excluding hydrogens is 362 g/mol. The van der Waals surface area contributed by atoms with Crippen LogP contribution in [0.4, 0.5) is 9.59 Å². The first-order valence-electron chi connectivity index (χ1n) is 8.85. The van der Waals surface area contributed by atoms with Crippen molar-refractivity contribution in [2.75, 3.05) is 13.6 Å². The molecule has 0 unspecified atom stereocenters. The molecule has 0 aliphatic rings. The summed E-state index contributed by atoms with van der Waals surface area (Å²) in [6.07, 6.45) is -0.0296. The Hall–Kier alpha value is -3.30. The Labute approximate surface area is 163 Å². The molecule has 2 rings (SSSR count). The lowest BCUT2D eigenvalue weighted by atomic mass is 10.1. The van der Waals surface area contributed by atoms with Crippen LogP contribution in [-0.2, 0) is 17.7 Å². The molecule has 0 fully saturated rings. The molecule has 0 radical (unpaired) electrons. The molecule has 0 aliphatic heterocycles. The van der Waals surface area contributed by atoms with Gasteiger partial charge in [-0.15, -0.1) is 20.4 Å². The number of benzene rings is 1. The van der Waals surface area contributed by atoms with Crippen molar-refractivity contribution in [3.8, 4) is 11.4 Å². The highest BCUT2D eigenvalue weighted by atomic mass is 16.6. The van der Waals surface area contributed by atoms with Gasteiger partial charge in [0.05, 0.1) is 0 Å². The second-order valence-corrected chi connectivity index (χ2v) is 6.95. The standard InChI is InChI=1S/C18H25N7O3/c1-18(2,3)28-17(27)21-11-12-5-7-13(8-6-12)15-24-22-14(23-25-15)9-10-20-16(26)19-4/h5-8H,9-11H2,1-4H3,(H,21,27)(H2,19,20,26). The van der Waals surface area contributed by atoms with Crippen molar-refractivity contribution in [1.82, 2.24) is 36.3 Å². The molecule has 3 N–H and O–H groups in total. The highest BCUT2D eigenvalue weighted by Gasteiger charge is 2.15. The van der Waals surface area contributed by atoms with Gasteiger partial charge in [0.2, 0.25) is 5.82 Å². The van der Waals surface area contributed by atoms with Crippen molar-refractivity contribution in [3.05, 3.63) is 35.7 Å². The minimum absolute atomic E-state index is 0.265. The first-order valence-corrected chi connectivity index (χ1v) is 8.85. The van der Waals surface area contributed by atoms with Gasteiger partial charge in [-0.05, 0) is 26.3 Å². The van der Waals surface area contributed by atoms with Crippen molar-refractivity contribution in [2.24, 2.45) is 0 Å². The highest BCUT2D eigenvalue weighted by Crippen LogP contribution is 2.14. The summed E-state index contributed by atoms with van der Waals surface area (Å²) in [5.41, 5.74) is 1.14. The van der Waals surface area contributed by atoms with E-state index < -0.39 is 11.7 Å². The normalized spacial score (nSPS) is 10.9. The van der Waals surface area contributed by atoms with Crippen LogP contribution in [0.2, 0.25) is 0 Å². The SMILES string of the molecule is CNC(=O)NCCc1nnc(-c2ccc(CNC(=O)OC(C)(C)C)cc2)nn1. The Balaban J connectivity index is 1.87. The van der Waals surface area contributed by atoms with E-state index in [1.54, 1.807) is 7.05 Å². The smallest absolute Gasteiger partial charge is 0.407 e. The first-order chi connectivity index (χ1) is 13.3. The molecule has 10 heteroatoms. The zero-order chi connectivity index (χ0) is 20.6. The van der Waals surface area contributed by atoms with Crippen molar-refractivity contribution < 1.29 is 14.3 Å². The molecule has 1 aromatic carbocycles. The summed E-state index contributed by atoms with van der Waals surface area (Å²) >= 11 is 0. The van der Waals surface area contributed by atoms with E-state index in [1.165, 1.54) is 0 Å². The van der Waals surface area contributed by atoms with E-state index in [2.05, 4.69) is 36.3 Å². The highest BCUT2D eigenvalue weighted by molar-refractivity contribution is 5.73. The Morgan fingerprint density at radius 2 is 1.64 bits per heavy atom. The summed E-state index contributed by atoms with van der Waals surface area (Å²) in [4.78, 5) is 22.8. The summed E-state index contributed by atoms with van der Waals surface area (Å²) in [7, 11) is 1.54. The molecule has 1 aromatic heterocycles. The maximum absolute atomic E-state index is 11.7. The van der Waals surface area contributed by atoms with E-state index in [0.29, 0.717) is 31.2 Å². The van der Waals surface area contributed by atoms with Crippen LogP contribution < -0.4 is 16.0 Å². The van der Waals surface area contributed by atoms with Gasteiger partial charge in [-0.1, -0.05) is 24.3 Å². The lowest BCUT2D eigenvalue weighted by Crippen LogP contribution is -2.34. The average Bonchev–Trinajstić information content (AvgIpc) is 2.66. The van der Waals surface area contributed by atoms with Crippen molar-refractivity contribution in [3.63, 3.8) is 0 Å². The van der Waals surface area contributed by atoms with Gasteiger partial charge in [-0.25, -0.2) is 9.59 Å². The van der Waals surface area contributed by atoms with Gasteiger partial charge in [0, 0.05) is 32.1 Å². The molecule has 0 saturated heterocycles. The van der Waals surface area contributed by atoms with Gasteiger partial charge >= 0.3 is 12.1 Å². The first kappa shape index (κ1) is 21.0. The van der Waals surface area contributed by atoms with Gasteiger partial charge in [0.25, 0.3) is 0 Å². The zero-order valence-corrected chi connectivity index (χ0v) is 16.4. The molecule has 10 nitrogen and oxygen atoms in total. The van der Waals surface area contributed by atoms with Gasteiger partial charge in [0.15, 0.2) is 5.82 Å². The Kier molecular flexibility index (Phi) is 7.19. The van der Waals surface area contributed by atoms with E-state index in [0.717, 1.165) is 11.1 Å². The zero-order valence-electron chi connectivity index (χ0n) is 16.4. The van der Waals surface area contributed by atoms with Crippen LogP contribution in [-0.4, -0.2) is 51.7 Å². The fourth-order valence-corrected chi connectivity index (χ4v) is 2.10. The predicted molar refractivity (Wildman–Crippen MR) is 102 cm³/mol. The summed E-state index contributed by atoms with van der Waals surface area (Å²) in [5, 5.41) is 24.0. The average molecular weight is 387 g/mol. The number of alkyl carbamates (subject to hydrolysis) is 1. The third kappa shape index (κ3) is 7.14. The van der Waals surface area contributed by atoms with E-state index in [1.807, 2.05) is 45.0 Å². The van der Waals surface area contributed by atoms with Crippen molar-refractivity contribution >= 4 is 12.1 Å². The minimum Gasteiger partial charge on any atom is -0.444 e. The summed E-state index contributed by atoms with van der Waals surface area (Å²) in [6.45, 7) is 6.18. The molecular formula is C18H25N7O3. The van der Waals surface area contributed by atoms with Crippen LogP contribution in [0.5, 0.6) is 0 Å². The third-order valence-corrected chi connectivity index (χ3v) is 3.43. The quantitative estimate of drug-likeness (QED) is 0.683. The molecule has 28 heavy (non-hydrogen) atoms. The van der Waals surface area contributed by atoms with E-state index in [-0.39, 0.29) is 6.03 Å². The molecule has 2 aromatic rings. The summed E-state index contributed by atoms with van der Waals surface area (Å²) in [6, 6.07) is 7.11. The van der Waals surface area contributed by atoms with Crippen LogP contribution >= 0.6 is 0 Å². The summed E-state index contributed by atoms with van der Waals surface area (Å²) < 4.78 is 5.20. The Morgan fingerprint density at radius 3 is 2.21 bits per heavy atom. The van der Waals surface area contributed by atoms with Gasteiger partial charge in [-0.2, -0.15) is 0 Å². The van der Waals surface area contributed by atoms with Crippen LogP contribution in [0, 0.1) is 0 Å². The number of nitrogens with zero attached hydrogens (tertiary/aromatic N) is 4. The minimum atomic E-state index is -0.532. The molecule has 0 aliphatic carbocycles. The lowest BCUT2D eigenvalue weighted by Gasteiger charge is -2.19. The van der Waals surface area contributed by atoms with Gasteiger partial charge in [-0.3, -0.25) is 0 Å². The number of hydrogen-bond acceptors (Lipinski definition) is 7. The number of carbonyl (C=O) groups excluding carboxylic acids is 2. The fraction of sp³-hybridized carbons (Fsp3) is 0.444. The van der Waals surface area contributed by atoms with Crippen molar-refractivity contribution in [2.45, 2.75) is 39.3 Å². The number of aromatic nitrogens is 4. The van der Waals surface area contributed by atoms with Crippen LogP contribution in [0.3, 0.4) is 0 Å². The Morgan fingerprint density at radius 1 is 1.00 bits per heavy atom. The van der Waals surface area contributed by atoms with E-state index >= 15 is 0 Å². The number of urea groups is 1. The predicted octanol–water partition coefficient (Wildman–Crippen LogP) is 1.43. The molecule has 3 amide bonds. The van der Waals surface area contributed by atoms with Gasteiger partial charge in [0.1, 0.15) is 5.60 Å². The maximum Gasteiger partial charge on any atom is 0.407 e. The molecule has 1 heterocycles. The second kappa shape index (κ2) is 9.58. The molecule has 0 bridgehead atoms. The molecule has 0 spiro atoms. The largest absolute Gasteiger partial charge is 0.444 e. The maximum atomic E-state index is 11.7. The van der Waals surface area contributed by atoms with Gasteiger partial charge < -0.3 is 20.7 Å². The number of nitrogens with one attached hydrogen (secondary N) is 3. The topological polar surface area (TPSA) is 131 Å². The molecule has 0 atom stereocenters. The second-order valence-electron chi connectivity index (χ2n) is 6.95. The van der Waals surface area contributed by atoms with E-state index in [4.69, 9.17) is 4.74 Å². The van der Waals surface area contributed by atoms with Crippen LogP contribution in [0.15, 0.2) is 24.3 Å². The molecule has 0 saturated carbocycles. The monoisotopic (exact) mass is 387 g/mol. The number of ether oxygens (including phenoxy) is 1.